The van der Waals surface area contributed by atoms with Crippen molar-refractivity contribution in [1.29, 1.82) is 0 Å². The zero-order valence-corrected chi connectivity index (χ0v) is 7.05. The summed E-state index contributed by atoms with van der Waals surface area (Å²) in [7, 11) is 0. The van der Waals surface area contributed by atoms with Crippen molar-refractivity contribution in [2.24, 2.45) is 0 Å². The van der Waals surface area contributed by atoms with E-state index in [0.717, 1.165) is 11.8 Å². The average molecular weight is 177 g/mol. The second kappa shape index (κ2) is 3.28. The van der Waals surface area contributed by atoms with E-state index in [9.17, 15) is 9.90 Å². The van der Waals surface area contributed by atoms with Gasteiger partial charge in [0.25, 0.3) is 0 Å². The van der Waals surface area contributed by atoms with Crippen LogP contribution >= 0.6 is 0 Å². The van der Waals surface area contributed by atoms with Gasteiger partial charge in [0.1, 0.15) is 6.29 Å². The summed E-state index contributed by atoms with van der Waals surface area (Å²) in [5.41, 5.74) is 1.02. The Hall–Kier alpha value is -1.19. The molecule has 2 N–H and O–H groups in total. The summed E-state index contributed by atoms with van der Waals surface area (Å²) in [5.74, 6) is 0. The van der Waals surface area contributed by atoms with Gasteiger partial charge in [0.15, 0.2) is 0 Å². The molecule has 0 bridgehead atoms. The van der Waals surface area contributed by atoms with Crippen LogP contribution in [0.5, 0.6) is 0 Å². The molecule has 1 aromatic rings. The molecule has 1 aliphatic heterocycles. The minimum Gasteiger partial charge on any atom is -0.389 e. The van der Waals surface area contributed by atoms with E-state index in [1.54, 1.807) is 0 Å². The Morgan fingerprint density at radius 1 is 1.31 bits per heavy atom. The van der Waals surface area contributed by atoms with E-state index in [1.165, 1.54) is 0 Å². The summed E-state index contributed by atoms with van der Waals surface area (Å²) in [4.78, 5) is 10.4. The van der Waals surface area contributed by atoms with E-state index < -0.39 is 12.1 Å². The highest BCUT2D eigenvalue weighted by molar-refractivity contribution is 5.61. The zero-order valence-electron chi connectivity index (χ0n) is 7.05. The maximum atomic E-state index is 10.4. The SMILES string of the molecule is O=CC1NC(c2ccccc2)C1O. The van der Waals surface area contributed by atoms with Gasteiger partial charge in [-0.2, -0.15) is 0 Å². The van der Waals surface area contributed by atoms with Gasteiger partial charge >= 0.3 is 0 Å². The Balaban J connectivity index is 2.10. The highest BCUT2D eigenvalue weighted by Crippen LogP contribution is 2.26. The average Bonchev–Trinajstić information content (AvgIpc) is 2.18. The van der Waals surface area contributed by atoms with Gasteiger partial charge in [-0.15, -0.1) is 0 Å². The van der Waals surface area contributed by atoms with Gasteiger partial charge in [0, 0.05) is 0 Å². The summed E-state index contributed by atoms with van der Waals surface area (Å²) in [6, 6.07) is 9.13. The first-order valence-corrected chi connectivity index (χ1v) is 4.27. The second-order valence-corrected chi connectivity index (χ2v) is 3.21. The molecule has 1 saturated heterocycles. The third-order valence-corrected chi connectivity index (χ3v) is 2.39. The number of rotatable bonds is 2. The lowest BCUT2D eigenvalue weighted by atomic mass is 9.88. The number of carbonyl (C=O) groups is 1. The molecule has 0 amide bonds. The van der Waals surface area contributed by atoms with Crippen molar-refractivity contribution < 1.29 is 9.90 Å². The van der Waals surface area contributed by atoms with Crippen LogP contribution in [0.1, 0.15) is 11.6 Å². The summed E-state index contributed by atoms with van der Waals surface area (Å²) >= 11 is 0. The summed E-state index contributed by atoms with van der Waals surface area (Å²) < 4.78 is 0. The van der Waals surface area contributed by atoms with E-state index >= 15 is 0 Å². The molecule has 1 fully saturated rings. The fourth-order valence-electron chi connectivity index (χ4n) is 1.57. The molecule has 13 heavy (non-hydrogen) atoms. The third-order valence-electron chi connectivity index (χ3n) is 2.39. The van der Waals surface area contributed by atoms with Crippen molar-refractivity contribution >= 4 is 6.29 Å². The molecule has 0 spiro atoms. The fraction of sp³-hybridized carbons (Fsp3) is 0.300. The summed E-state index contributed by atoms with van der Waals surface area (Å²) in [5, 5.41) is 12.5. The van der Waals surface area contributed by atoms with Crippen molar-refractivity contribution in [3.63, 3.8) is 0 Å². The molecule has 1 aliphatic rings. The van der Waals surface area contributed by atoms with Crippen LogP contribution in [0, 0.1) is 0 Å². The number of hydrogen-bond donors (Lipinski definition) is 2. The van der Waals surface area contributed by atoms with Crippen LogP contribution in [0.2, 0.25) is 0 Å². The first-order valence-electron chi connectivity index (χ1n) is 4.27. The second-order valence-electron chi connectivity index (χ2n) is 3.21. The standard InChI is InChI=1S/C10H11NO2/c12-6-8-10(13)9(11-8)7-4-2-1-3-5-7/h1-6,8-11,13H. The largest absolute Gasteiger partial charge is 0.389 e. The van der Waals surface area contributed by atoms with Crippen LogP contribution in [0.25, 0.3) is 0 Å². The minimum absolute atomic E-state index is 0.0867. The number of hydrogen-bond acceptors (Lipinski definition) is 3. The van der Waals surface area contributed by atoms with Crippen LogP contribution < -0.4 is 5.32 Å². The molecule has 0 aromatic heterocycles. The van der Waals surface area contributed by atoms with E-state index in [-0.39, 0.29) is 6.04 Å². The number of benzene rings is 1. The van der Waals surface area contributed by atoms with Crippen LogP contribution in [0.15, 0.2) is 30.3 Å². The Morgan fingerprint density at radius 3 is 2.54 bits per heavy atom. The molecule has 68 valence electrons. The van der Waals surface area contributed by atoms with Gasteiger partial charge < -0.3 is 9.90 Å². The van der Waals surface area contributed by atoms with Crippen LogP contribution in [0.4, 0.5) is 0 Å². The van der Waals surface area contributed by atoms with E-state index in [2.05, 4.69) is 5.32 Å². The van der Waals surface area contributed by atoms with E-state index in [0.29, 0.717) is 0 Å². The highest BCUT2D eigenvalue weighted by atomic mass is 16.3. The molecule has 3 unspecified atom stereocenters. The topological polar surface area (TPSA) is 49.3 Å². The summed E-state index contributed by atoms with van der Waals surface area (Å²) in [6.07, 6.45) is 0.157. The third kappa shape index (κ3) is 1.36. The Bertz CT molecular complexity index is 299. The van der Waals surface area contributed by atoms with Gasteiger partial charge in [0.2, 0.25) is 0 Å². The molecule has 0 aliphatic carbocycles. The van der Waals surface area contributed by atoms with Crippen LogP contribution in [-0.4, -0.2) is 23.5 Å². The van der Waals surface area contributed by atoms with Gasteiger partial charge in [-0.1, -0.05) is 30.3 Å². The number of aliphatic hydroxyl groups excluding tert-OH is 1. The van der Waals surface area contributed by atoms with E-state index in [1.807, 2.05) is 30.3 Å². The van der Waals surface area contributed by atoms with Crippen molar-refractivity contribution in [3.8, 4) is 0 Å². The molecular weight excluding hydrogens is 166 g/mol. The maximum Gasteiger partial charge on any atom is 0.139 e. The molecule has 1 heterocycles. The molecule has 0 radical (unpaired) electrons. The van der Waals surface area contributed by atoms with Crippen LogP contribution in [-0.2, 0) is 4.79 Å². The lowest BCUT2D eigenvalue weighted by Crippen LogP contribution is -2.60. The van der Waals surface area contributed by atoms with Gasteiger partial charge in [-0.05, 0) is 5.56 Å². The predicted octanol–water partition coefficient (Wildman–Crippen LogP) is 0.259. The Labute approximate surface area is 76.4 Å². The molecule has 2 rings (SSSR count). The van der Waals surface area contributed by atoms with Crippen molar-refractivity contribution in [1.82, 2.24) is 5.32 Å². The van der Waals surface area contributed by atoms with Gasteiger partial charge in [0.05, 0.1) is 18.2 Å². The highest BCUT2D eigenvalue weighted by Gasteiger charge is 2.39. The van der Waals surface area contributed by atoms with Gasteiger partial charge in [-0.3, -0.25) is 5.32 Å². The first kappa shape index (κ1) is 8.41. The molecule has 1 aromatic carbocycles. The molecule has 3 heteroatoms. The lowest BCUT2D eigenvalue weighted by Gasteiger charge is -2.40. The fourth-order valence-corrected chi connectivity index (χ4v) is 1.57. The number of aldehydes is 1. The first-order chi connectivity index (χ1) is 6.33. The Morgan fingerprint density at radius 2 is 2.00 bits per heavy atom. The Kier molecular flexibility index (Phi) is 2.12. The number of carbonyl (C=O) groups excluding carboxylic acids is 1. The molecular formula is C10H11NO2. The summed E-state index contributed by atoms with van der Waals surface area (Å²) in [6.45, 7) is 0. The zero-order chi connectivity index (χ0) is 9.26. The quantitative estimate of drug-likeness (QED) is 0.637. The molecule has 3 nitrogen and oxygen atoms in total. The monoisotopic (exact) mass is 177 g/mol. The van der Waals surface area contributed by atoms with Crippen molar-refractivity contribution in [3.05, 3.63) is 35.9 Å². The van der Waals surface area contributed by atoms with Crippen LogP contribution in [0.3, 0.4) is 0 Å². The smallest absolute Gasteiger partial charge is 0.139 e. The van der Waals surface area contributed by atoms with Crippen molar-refractivity contribution in [2.75, 3.05) is 0 Å². The normalized spacial score (nSPS) is 32.2. The van der Waals surface area contributed by atoms with E-state index in [4.69, 9.17) is 0 Å². The van der Waals surface area contributed by atoms with Crippen molar-refractivity contribution in [2.45, 2.75) is 18.2 Å². The van der Waals surface area contributed by atoms with Gasteiger partial charge in [-0.25, -0.2) is 0 Å². The molecule has 3 atom stereocenters. The number of nitrogens with one attached hydrogen (secondary N) is 1. The predicted molar refractivity (Wildman–Crippen MR) is 48.2 cm³/mol. The maximum absolute atomic E-state index is 10.4. The lowest BCUT2D eigenvalue weighted by molar-refractivity contribution is -0.117. The minimum atomic E-state index is -0.583. The molecule has 0 saturated carbocycles. The number of aliphatic hydroxyl groups is 1.